The third-order valence-electron chi connectivity index (χ3n) is 8.97. The van der Waals surface area contributed by atoms with Crippen LogP contribution in [0.5, 0.6) is 0 Å². The maximum Gasteiger partial charge on any atom is 0.255 e. The van der Waals surface area contributed by atoms with E-state index in [1.165, 1.54) is 16.2 Å². The van der Waals surface area contributed by atoms with Crippen LogP contribution < -0.4 is 10.6 Å². The van der Waals surface area contributed by atoms with Crippen LogP contribution in [0, 0.1) is 19.8 Å². The van der Waals surface area contributed by atoms with Crippen molar-refractivity contribution >= 4 is 40.9 Å². The number of piperidine rings is 1. The Kier molecular flexibility index (Phi) is 9.65. The van der Waals surface area contributed by atoms with Crippen molar-refractivity contribution in [3.05, 3.63) is 68.4 Å². The number of hydrogen-bond acceptors (Lipinski definition) is 7. The molecule has 234 valence electrons. The summed E-state index contributed by atoms with van der Waals surface area (Å²) >= 11 is 1.46. The molecular formula is C33H40N4O6S. The van der Waals surface area contributed by atoms with E-state index in [0.29, 0.717) is 48.8 Å². The second kappa shape index (κ2) is 13.4. The van der Waals surface area contributed by atoms with E-state index in [0.717, 1.165) is 34.4 Å². The van der Waals surface area contributed by atoms with Crippen molar-refractivity contribution in [3.8, 4) is 0 Å². The zero-order chi connectivity index (χ0) is 31.5. The van der Waals surface area contributed by atoms with Crippen molar-refractivity contribution in [3.63, 3.8) is 0 Å². The van der Waals surface area contributed by atoms with Gasteiger partial charge in [0.1, 0.15) is 12.1 Å². The SMILES string of the molecule is C=C(CC)C(=O)N(Cc1ccc2c(c1)C(=O)N(C1CCC(=O)NC1=O)C2)C(C(=O)NCC1CCOCC1)c1scc(C)c1C. The Morgan fingerprint density at radius 2 is 1.93 bits per heavy atom. The summed E-state index contributed by atoms with van der Waals surface area (Å²) in [6.07, 6.45) is 2.63. The predicted octanol–water partition coefficient (Wildman–Crippen LogP) is 3.70. The van der Waals surface area contributed by atoms with Gasteiger partial charge in [0.15, 0.2) is 0 Å². The fourth-order valence-electron chi connectivity index (χ4n) is 6.02. The number of amides is 5. The standard InChI is InChI=1S/C33H40N4O6S/c1-5-19(2)32(41)37(28(29-21(4)20(3)18-44-29)31(40)34-15-22-10-12-43-13-11-22)16-23-6-7-24-17-36(33(42)25(24)14-23)26-8-9-27(38)35-30(26)39/h6-7,14,18,22,26,28H,2,5,8-13,15-17H2,1,3-4H3,(H,34,40)(H,35,38,39). The van der Waals surface area contributed by atoms with E-state index < -0.39 is 18.0 Å². The van der Waals surface area contributed by atoms with E-state index in [2.05, 4.69) is 17.2 Å². The van der Waals surface area contributed by atoms with E-state index >= 15 is 0 Å². The molecule has 4 heterocycles. The van der Waals surface area contributed by atoms with Crippen molar-refractivity contribution < 1.29 is 28.7 Å². The topological polar surface area (TPSA) is 125 Å². The first-order valence-corrected chi connectivity index (χ1v) is 16.1. The number of thiophene rings is 1. The minimum absolute atomic E-state index is 0.0859. The van der Waals surface area contributed by atoms with Gasteiger partial charge in [0.05, 0.1) is 0 Å². The Balaban J connectivity index is 1.44. The van der Waals surface area contributed by atoms with Crippen LogP contribution in [-0.2, 0) is 37.0 Å². The molecule has 10 nitrogen and oxygen atoms in total. The van der Waals surface area contributed by atoms with Crippen LogP contribution >= 0.6 is 11.3 Å². The normalized spacial score (nSPS) is 19.4. The smallest absolute Gasteiger partial charge is 0.255 e. The van der Waals surface area contributed by atoms with Gasteiger partial charge in [0.25, 0.3) is 5.91 Å². The largest absolute Gasteiger partial charge is 0.381 e. The van der Waals surface area contributed by atoms with Crippen LogP contribution in [0.25, 0.3) is 0 Å². The first-order chi connectivity index (χ1) is 21.1. The van der Waals surface area contributed by atoms with Gasteiger partial charge in [0.2, 0.25) is 23.6 Å². The molecule has 0 radical (unpaired) electrons. The quantitative estimate of drug-likeness (QED) is 0.308. The lowest BCUT2D eigenvalue weighted by Crippen LogP contribution is -2.52. The molecule has 1 aromatic heterocycles. The zero-order valence-electron chi connectivity index (χ0n) is 25.6. The van der Waals surface area contributed by atoms with Crippen molar-refractivity contribution in [2.24, 2.45) is 5.92 Å². The van der Waals surface area contributed by atoms with Gasteiger partial charge in [-0.15, -0.1) is 11.3 Å². The van der Waals surface area contributed by atoms with Crippen LogP contribution in [-0.4, -0.2) is 65.1 Å². The highest BCUT2D eigenvalue weighted by Gasteiger charge is 2.40. The lowest BCUT2D eigenvalue weighted by Gasteiger charge is -2.32. The first-order valence-electron chi connectivity index (χ1n) is 15.2. The minimum Gasteiger partial charge on any atom is -0.381 e. The Morgan fingerprint density at radius 1 is 1.18 bits per heavy atom. The van der Waals surface area contributed by atoms with Crippen LogP contribution in [0.4, 0.5) is 0 Å². The Labute approximate surface area is 261 Å². The van der Waals surface area contributed by atoms with E-state index in [4.69, 9.17) is 4.74 Å². The molecular weight excluding hydrogens is 580 g/mol. The summed E-state index contributed by atoms with van der Waals surface area (Å²) in [6, 6.07) is 3.86. The summed E-state index contributed by atoms with van der Waals surface area (Å²) in [4.78, 5) is 69.5. The van der Waals surface area contributed by atoms with Crippen molar-refractivity contribution in [2.75, 3.05) is 19.8 Å². The molecule has 2 saturated heterocycles. The molecule has 2 atom stereocenters. The number of imide groups is 1. The van der Waals surface area contributed by atoms with Crippen molar-refractivity contribution in [1.29, 1.82) is 0 Å². The van der Waals surface area contributed by atoms with E-state index in [-0.39, 0.29) is 49.6 Å². The van der Waals surface area contributed by atoms with Crippen LogP contribution in [0.15, 0.2) is 35.7 Å². The fraction of sp³-hybridized carbons (Fsp3) is 0.485. The molecule has 2 fully saturated rings. The average molecular weight is 621 g/mol. The molecule has 5 amide bonds. The molecule has 3 aliphatic rings. The van der Waals surface area contributed by atoms with Gasteiger partial charge >= 0.3 is 0 Å². The van der Waals surface area contributed by atoms with Gasteiger partial charge in [-0.25, -0.2) is 0 Å². The van der Waals surface area contributed by atoms with Gasteiger partial charge in [-0.1, -0.05) is 25.6 Å². The fourth-order valence-corrected chi connectivity index (χ4v) is 7.20. The lowest BCUT2D eigenvalue weighted by molar-refractivity contribution is -0.139. The van der Waals surface area contributed by atoms with E-state index in [1.54, 1.807) is 11.0 Å². The predicted molar refractivity (Wildman–Crippen MR) is 166 cm³/mol. The van der Waals surface area contributed by atoms with Crippen molar-refractivity contribution in [2.45, 2.75) is 78.0 Å². The molecule has 5 rings (SSSR count). The highest BCUT2D eigenvalue weighted by molar-refractivity contribution is 7.10. The maximum atomic E-state index is 14.0. The number of carbonyl (C=O) groups excluding carboxylic acids is 5. The number of rotatable bonds is 10. The minimum atomic E-state index is -0.881. The Bertz CT molecular complexity index is 1490. The van der Waals surface area contributed by atoms with E-state index in [1.807, 2.05) is 38.3 Å². The van der Waals surface area contributed by atoms with Gasteiger partial charge in [-0.05, 0) is 79.1 Å². The van der Waals surface area contributed by atoms with Crippen LogP contribution in [0.2, 0.25) is 0 Å². The Morgan fingerprint density at radius 3 is 2.59 bits per heavy atom. The zero-order valence-corrected chi connectivity index (χ0v) is 26.4. The summed E-state index contributed by atoms with van der Waals surface area (Å²) < 4.78 is 5.47. The summed E-state index contributed by atoms with van der Waals surface area (Å²) in [5.74, 6) is -1.35. The number of nitrogens with one attached hydrogen (secondary N) is 2. The molecule has 2 unspecified atom stereocenters. The average Bonchev–Trinajstić information content (AvgIpc) is 3.52. The second-order valence-electron chi connectivity index (χ2n) is 11.9. The molecule has 0 aliphatic carbocycles. The molecule has 11 heteroatoms. The van der Waals surface area contributed by atoms with Gasteiger partial charge in [0, 0.05) is 55.3 Å². The molecule has 0 spiro atoms. The van der Waals surface area contributed by atoms with E-state index in [9.17, 15) is 24.0 Å². The summed E-state index contributed by atoms with van der Waals surface area (Å²) in [6.45, 7) is 12.0. The Hall–Kier alpha value is -3.83. The van der Waals surface area contributed by atoms with Crippen molar-refractivity contribution in [1.82, 2.24) is 20.4 Å². The number of ether oxygens (including phenoxy) is 1. The van der Waals surface area contributed by atoms with Crippen LogP contribution in [0.1, 0.15) is 82.6 Å². The number of aryl methyl sites for hydroxylation is 1. The molecule has 2 N–H and O–H groups in total. The molecule has 1 aromatic carbocycles. The highest BCUT2D eigenvalue weighted by atomic mass is 32.1. The van der Waals surface area contributed by atoms with Gasteiger partial charge in [-0.3, -0.25) is 29.3 Å². The highest BCUT2D eigenvalue weighted by Crippen LogP contribution is 2.35. The number of fused-ring (bicyclic) bond motifs is 1. The monoisotopic (exact) mass is 620 g/mol. The van der Waals surface area contributed by atoms with Gasteiger partial charge in [-0.2, -0.15) is 0 Å². The van der Waals surface area contributed by atoms with Gasteiger partial charge < -0.3 is 19.9 Å². The summed E-state index contributed by atoms with van der Waals surface area (Å²) in [5, 5.41) is 7.46. The lowest BCUT2D eigenvalue weighted by atomic mass is 9.99. The summed E-state index contributed by atoms with van der Waals surface area (Å²) in [5.41, 5.74) is 4.31. The number of hydrogen-bond donors (Lipinski definition) is 2. The molecule has 0 bridgehead atoms. The first kappa shape index (κ1) is 31.6. The summed E-state index contributed by atoms with van der Waals surface area (Å²) in [7, 11) is 0. The number of nitrogens with zero attached hydrogens (tertiary/aromatic N) is 2. The third-order valence-corrected chi connectivity index (χ3v) is 10.2. The molecule has 2 aromatic rings. The maximum absolute atomic E-state index is 14.0. The molecule has 44 heavy (non-hydrogen) atoms. The second-order valence-corrected chi connectivity index (χ2v) is 12.8. The molecule has 3 aliphatic heterocycles. The number of benzene rings is 1. The third kappa shape index (κ3) is 6.49. The number of carbonyl (C=O) groups is 5. The van der Waals surface area contributed by atoms with Crippen LogP contribution in [0.3, 0.4) is 0 Å². The molecule has 0 saturated carbocycles.